The van der Waals surface area contributed by atoms with Crippen molar-refractivity contribution in [1.29, 1.82) is 0 Å². The molecule has 1 saturated carbocycles. The second kappa shape index (κ2) is 5.04. The summed E-state index contributed by atoms with van der Waals surface area (Å²) in [5.41, 5.74) is 5.17. The molecule has 4 nitrogen and oxygen atoms in total. The monoisotopic (exact) mass is 236 g/mol. The number of nitrogens with two attached hydrogens (primary N) is 1. The van der Waals surface area contributed by atoms with Crippen LogP contribution in [0.15, 0.2) is 0 Å². The Balaban J connectivity index is 2.32. The summed E-state index contributed by atoms with van der Waals surface area (Å²) >= 11 is 4.55. The first-order chi connectivity index (χ1) is 6.49. The molecule has 0 aromatic heterocycles. The molecule has 1 aliphatic rings. The molecule has 0 bridgehead atoms. The van der Waals surface area contributed by atoms with Gasteiger partial charge in [0, 0.05) is 6.54 Å². The lowest BCUT2D eigenvalue weighted by Crippen LogP contribution is -2.34. The minimum atomic E-state index is -3.28. The fraction of sp³-hybridized carbons (Fsp3) is 0.875. The lowest BCUT2D eigenvalue weighted by Gasteiger charge is -2.10. The van der Waals surface area contributed by atoms with E-state index in [1.807, 2.05) is 0 Å². The summed E-state index contributed by atoms with van der Waals surface area (Å²) in [6.07, 6.45) is 4.66. The Labute approximate surface area is 90.3 Å². The highest BCUT2D eigenvalue weighted by Gasteiger charge is 2.18. The average Bonchev–Trinajstić information content (AvgIpc) is 2.50. The minimum Gasteiger partial charge on any atom is -0.392 e. The predicted octanol–water partition coefficient (Wildman–Crippen LogP) is 0.382. The first-order valence-electron chi connectivity index (χ1n) is 4.75. The molecule has 0 heterocycles. The lowest BCUT2D eigenvalue weighted by molar-refractivity contribution is 0.521. The van der Waals surface area contributed by atoms with Gasteiger partial charge in [0.25, 0.3) is 0 Å². The van der Waals surface area contributed by atoms with Gasteiger partial charge >= 0.3 is 0 Å². The normalized spacial score (nSPS) is 18.6. The molecule has 0 spiro atoms. The van der Waals surface area contributed by atoms with E-state index in [1.54, 1.807) is 0 Å². The zero-order valence-electron chi connectivity index (χ0n) is 8.03. The van der Waals surface area contributed by atoms with Crippen LogP contribution in [0.2, 0.25) is 0 Å². The third-order valence-corrected chi connectivity index (χ3v) is 4.02. The molecule has 0 aliphatic heterocycles. The SMILES string of the molecule is NC(=S)CS(=O)(=O)NCC1CCCC1. The highest BCUT2D eigenvalue weighted by atomic mass is 32.2. The first-order valence-corrected chi connectivity index (χ1v) is 6.81. The van der Waals surface area contributed by atoms with Crippen LogP contribution in [0.25, 0.3) is 0 Å². The summed E-state index contributed by atoms with van der Waals surface area (Å²) in [7, 11) is -3.28. The van der Waals surface area contributed by atoms with Crippen molar-refractivity contribution >= 4 is 27.2 Å². The Kier molecular flexibility index (Phi) is 4.28. The van der Waals surface area contributed by atoms with Crippen molar-refractivity contribution in [2.75, 3.05) is 12.3 Å². The standard InChI is InChI=1S/C8H16N2O2S2/c9-8(13)6-14(11,12)10-5-7-3-1-2-4-7/h7,10H,1-6H2,(H2,9,13). The van der Waals surface area contributed by atoms with Crippen molar-refractivity contribution in [2.45, 2.75) is 25.7 Å². The van der Waals surface area contributed by atoms with Crippen LogP contribution < -0.4 is 10.5 Å². The van der Waals surface area contributed by atoms with Gasteiger partial charge in [-0.1, -0.05) is 25.1 Å². The van der Waals surface area contributed by atoms with Crippen LogP contribution in [-0.2, 0) is 10.0 Å². The molecule has 14 heavy (non-hydrogen) atoms. The maximum atomic E-state index is 11.3. The molecule has 6 heteroatoms. The lowest BCUT2D eigenvalue weighted by atomic mass is 10.1. The van der Waals surface area contributed by atoms with E-state index in [0.29, 0.717) is 12.5 Å². The second-order valence-electron chi connectivity index (χ2n) is 3.72. The smallest absolute Gasteiger partial charge is 0.218 e. The van der Waals surface area contributed by atoms with Crippen LogP contribution in [0.5, 0.6) is 0 Å². The summed E-state index contributed by atoms with van der Waals surface area (Å²) in [4.78, 5) is 0.0175. The third-order valence-electron chi connectivity index (χ3n) is 2.40. The van der Waals surface area contributed by atoms with Crippen molar-refractivity contribution < 1.29 is 8.42 Å². The van der Waals surface area contributed by atoms with E-state index in [2.05, 4.69) is 16.9 Å². The summed E-state index contributed by atoms with van der Waals surface area (Å²) in [5.74, 6) is 0.255. The van der Waals surface area contributed by atoms with Crippen molar-refractivity contribution in [2.24, 2.45) is 11.7 Å². The zero-order valence-corrected chi connectivity index (χ0v) is 9.66. The molecule has 1 fully saturated rings. The highest BCUT2D eigenvalue weighted by Crippen LogP contribution is 2.23. The predicted molar refractivity (Wildman–Crippen MR) is 60.5 cm³/mol. The van der Waals surface area contributed by atoms with Gasteiger partial charge in [-0.15, -0.1) is 0 Å². The van der Waals surface area contributed by atoms with Crippen molar-refractivity contribution in [3.05, 3.63) is 0 Å². The Bertz CT molecular complexity index is 294. The van der Waals surface area contributed by atoms with Gasteiger partial charge in [-0.05, 0) is 18.8 Å². The maximum absolute atomic E-state index is 11.3. The van der Waals surface area contributed by atoms with E-state index in [0.717, 1.165) is 12.8 Å². The maximum Gasteiger partial charge on any atom is 0.218 e. The van der Waals surface area contributed by atoms with E-state index >= 15 is 0 Å². The Morgan fingerprint density at radius 3 is 2.50 bits per heavy atom. The highest BCUT2D eigenvalue weighted by molar-refractivity contribution is 7.92. The molecule has 0 amide bonds. The first kappa shape index (κ1) is 11.9. The van der Waals surface area contributed by atoms with E-state index < -0.39 is 10.0 Å². The summed E-state index contributed by atoms with van der Waals surface area (Å²) in [6.45, 7) is 0.533. The molecule has 0 atom stereocenters. The van der Waals surface area contributed by atoms with Crippen LogP contribution in [0, 0.1) is 5.92 Å². The average molecular weight is 236 g/mol. The van der Waals surface area contributed by atoms with Crippen molar-refractivity contribution in [3.8, 4) is 0 Å². The minimum absolute atomic E-state index is 0.0175. The van der Waals surface area contributed by atoms with E-state index in [-0.39, 0.29) is 10.7 Å². The van der Waals surface area contributed by atoms with Gasteiger partial charge in [0.2, 0.25) is 10.0 Å². The van der Waals surface area contributed by atoms with E-state index in [9.17, 15) is 8.42 Å². The molecule has 0 aromatic carbocycles. The van der Waals surface area contributed by atoms with Crippen LogP contribution in [0.4, 0.5) is 0 Å². The Morgan fingerprint density at radius 2 is 2.00 bits per heavy atom. The van der Waals surface area contributed by atoms with Gasteiger partial charge in [-0.3, -0.25) is 0 Å². The number of hydrogen-bond acceptors (Lipinski definition) is 3. The number of hydrogen-bond donors (Lipinski definition) is 2. The molecular weight excluding hydrogens is 220 g/mol. The summed E-state index contributed by atoms with van der Waals surface area (Å²) in [6, 6.07) is 0. The largest absolute Gasteiger partial charge is 0.392 e. The fourth-order valence-corrected chi connectivity index (χ4v) is 3.13. The molecule has 0 radical (unpaired) electrons. The van der Waals surface area contributed by atoms with Gasteiger partial charge in [0.15, 0.2) is 0 Å². The fourth-order valence-electron chi connectivity index (χ4n) is 1.70. The Morgan fingerprint density at radius 1 is 1.43 bits per heavy atom. The molecule has 0 saturated heterocycles. The third kappa shape index (κ3) is 4.34. The molecule has 0 unspecified atom stereocenters. The second-order valence-corrected chi connectivity index (χ2v) is 6.06. The van der Waals surface area contributed by atoms with Crippen LogP contribution in [0.3, 0.4) is 0 Å². The summed E-state index contributed by atoms with van der Waals surface area (Å²) < 4.78 is 25.2. The van der Waals surface area contributed by atoms with E-state index in [4.69, 9.17) is 5.73 Å². The molecule has 1 rings (SSSR count). The molecule has 3 N–H and O–H groups in total. The topological polar surface area (TPSA) is 72.2 Å². The Hall–Kier alpha value is -0.200. The van der Waals surface area contributed by atoms with Crippen LogP contribution in [-0.4, -0.2) is 25.7 Å². The van der Waals surface area contributed by atoms with Gasteiger partial charge in [-0.2, -0.15) is 0 Å². The summed E-state index contributed by atoms with van der Waals surface area (Å²) in [5, 5.41) is 0. The van der Waals surface area contributed by atoms with Gasteiger partial charge in [0.05, 0.1) is 4.99 Å². The van der Waals surface area contributed by atoms with Gasteiger partial charge < -0.3 is 5.73 Å². The number of sulfonamides is 1. The molecule has 0 aromatic rings. The molecule has 1 aliphatic carbocycles. The van der Waals surface area contributed by atoms with Gasteiger partial charge in [0.1, 0.15) is 5.75 Å². The van der Waals surface area contributed by atoms with Gasteiger partial charge in [-0.25, -0.2) is 13.1 Å². The quantitative estimate of drug-likeness (QED) is 0.677. The van der Waals surface area contributed by atoms with Crippen LogP contribution >= 0.6 is 12.2 Å². The zero-order chi connectivity index (χ0) is 10.6. The van der Waals surface area contributed by atoms with Crippen molar-refractivity contribution in [3.63, 3.8) is 0 Å². The van der Waals surface area contributed by atoms with Crippen LogP contribution in [0.1, 0.15) is 25.7 Å². The number of nitrogens with one attached hydrogen (secondary N) is 1. The molecule has 82 valence electrons. The van der Waals surface area contributed by atoms with Crippen molar-refractivity contribution in [1.82, 2.24) is 4.72 Å². The van der Waals surface area contributed by atoms with E-state index in [1.165, 1.54) is 12.8 Å². The number of rotatable bonds is 5. The number of thiocarbonyl (C=S) groups is 1. The molecular formula is C8H16N2O2S2.